The summed E-state index contributed by atoms with van der Waals surface area (Å²) in [6.45, 7) is 4.20. The summed E-state index contributed by atoms with van der Waals surface area (Å²) in [6.07, 6.45) is 4.62. The van der Waals surface area contributed by atoms with Gasteiger partial charge in [0, 0.05) is 17.6 Å². The first-order chi connectivity index (χ1) is 12.4. The number of likely N-dealkylation sites (tertiary alicyclic amines) is 1. The largest absolute Gasteiger partial charge is 0.468 e. The van der Waals surface area contributed by atoms with Gasteiger partial charge in [0.2, 0.25) is 10.0 Å². The average molecular weight is 376 g/mol. The predicted octanol–water partition coefficient (Wildman–Crippen LogP) is 3.16. The number of nitrogens with zero attached hydrogens (tertiary/aromatic N) is 1. The van der Waals surface area contributed by atoms with E-state index in [0.29, 0.717) is 11.3 Å². The van der Waals surface area contributed by atoms with Crippen LogP contribution in [-0.4, -0.2) is 31.3 Å². The Morgan fingerprint density at radius 1 is 1.15 bits per heavy atom. The first kappa shape index (κ1) is 18.7. The second-order valence-corrected chi connectivity index (χ2v) is 8.54. The van der Waals surface area contributed by atoms with Crippen LogP contribution >= 0.6 is 0 Å². The summed E-state index contributed by atoms with van der Waals surface area (Å²) in [6, 6.07) is 9.90. The monoisotopic (exact) mass is 376 g/mol. The van der Waals surface area contributed by atoms with E-state index in [1.807, 2.05) is 4.90 Å². The standard InChI is InChI=1S/C19H24N2O4S/c1-14-5-3-6-15(2)21(14)19(22)16-8-10-18(11-9-16)26(23,24)20-13-17-7-4-12-25-17/h4,7-12,14-15,20H,3,5-6,13H2,1-2H3/t14-,15+. The molecule has 0 unspecified atom stereocenters. The van der Waals surface area contributed by atoms with Crippen molar-refractivity contribution in [2.45, 2.75) is 56.6 Å². The Hall–Kier alpha value is -2.12. The van der Waals surface area contributed by atoms with Gasteiger partial charge in [0.05, 0.1) is 17.7 Å². The van der Waals surface area contributed by atoms with Crippen molar-refractivity contribution >= 4 is 15.9 Å². The van der Waals surface area contributed by atoms with Gasteiger partial charge in [-0.25, -0.2) is 13.1 Å². The Morgan fingerprint density at radius 2 is 1.81 bits per heavy atom. The molecule has 0 spiro atoms. The van der Waals surface area contributed by atoms with Gasteiger partial charge in [-0.05, 0) is 69.5 Å². The molecule has 0 radical (unpaired) electrons. The summed E-state index contributed by atoms with van der Waals surface area (Å²) in [5, 5.41) is 0. The Morgan fingerprint density at radius 3 is 2.38 bits per heavy atom. The molecule has 1 aliphatic rings. The number of piperidine rings is 1. The van der Waals surface area contributed by atoms with Crippen LogP contribution < -0.4 is 4.72 Å². The fraction of sp³-hybridized carbons (Fsp3) is 0.421. The number of furan rings is 1. The Bertz CT molecular complexity index is 834. The highest BCUT2D eigenvalue weighted by Crippen LogP contribution is 2.25. The van der Waals surface area contributed by atoms with Gasteiger partial charge >= 0.3 is 0 Å². The quantitative estimate of drug-likeness (QED) is 0.869. The number of hydrogen-bond acceptors (Lipinski definition) is 4. The molecule has 3 rings (SSSR count). The van der Waals surface area contributed by atoms with E-state index in [9.17, 15) is 13.2 Å². The second kappa shape index (κ2) is 7.63. The third kappa shape index (κ3) is 3.99. The lowest BCUT2D eigenvalue weighted by Crippen LogP contribution is -2.47. The molecule has 0 saturated carbocycles. The minimum Gasteiger partial charge on any atom is -0.468 e. The lowest BCUT2D eigenvalue weighted by molar-refractivity contribution is 0.0510. The van der Waals surface area contributed by atoms with Crippen LogP contribution in [0.25, 0.3) is 0 Å². The lowest BCUT2D eigenvalue weighted by Gasteiger charge is -2.39. The van der Waals surface area contributed by atoms with Crippen LogP contribution in [0.3, 0.4) is 0 Å². The van der Waals surface area contributed by atoms with Crippen LogP contribution in [0, 0.1) is 0 Å². The zero-order chi connectivity index (χ0) is 18.7. The summed E-state index contributed by atoms with van der Waals surface area (Å²) < 4.78 is 32.3. The maximum atomic E-state index is 12.8. The molecule has 7 heteroatoms. The lowest BCUT2D eigenvalue weighted by atomic mass is 9.96. The number of rotatable bonds is 5. The van der Waals surface area contributed by atoms with Crippen molar-refractivity contribution in [1.29, 1.82) is 0 Å². The van der Waals surface area contributed by atoms with E-state index in [4.69, 9.17) is 4.42 Å². The fourth-order valence-corrected chi connectivity index (χ4v) is 4.40. The predicted molar refractivity (Wildman–Crippen MR) is 98.1 cm³/mol. The third-order valence-electron chi connectivity index (χ3n) is 4.86. The van der Waals surface area contributed by atoms with Crippen LogP contribution in [-0.2, 0) is 16.6 Å². The normalized spacial score (nSPS) is 20.9. The number of sulfonamides is 1. The van der Waals surface area contributed by atoms with Gasteiger partial charge in [-0.15, -0.1) is 0 Å². The molecule has 2 heterocycles. The van der Waals surface area contributed by atoms with Crippen molar-refractivity contribution in [3.05, 3.63) is 54.0 Å². The van der Waals surface area contributed by atoms with Gasteiger partial charge in [0.15, 0.2) is 0 Å². The van der Waals surface area contributed by atoms with Gasteiger partial charge in [0.1, 0.15) is 5.76 Å². The molecular formula is C19H24N2O4S. The average Bonchev–Trinajstić information content (AvgIpc) is 3.13. The molecule has 1 aromatic carbocycles. The summed E-state index contributed by atoms with van der Waals surface area (Å²) in [7, 11) is -3.66. The van der Waals surface area contributed by atoms with E-state index in [1.54, 1.807) is 24.3 Å². The number of nitrogens with one attached hydrogen (secondary N) is 1. The van der Waals surface area contributed by atoms with E-state index in [0.717, 1.165) is 19.3 Å². The van der Waals surface area contributed by atoms with Crippen LogP contribution in [0.4, 0.5) is 0 Å². The molecule has 1 N–H and O–H groups in total. The molecule has 140 valence electrons. The summed E-state index contributed by atoms with van der Waals surface area (Å²) in [5.41, 5.74) is 0.510. The highest BCUT2D eigenvalue weighted by atomic mass is 32.2. The van der Waals surface area contributed by atoms with E-state index in [-0.39, 0.29) is 29.4 Å². The first-order valence-corrected chi connectivity index (χ1v) is 10.3. The van der Waals surface area contributed by atoms with Crippen LogP contribution in [0.15, 0.2) is 52.0 Å². The van der Waals surface area contributed by atoms with Crippen molar-refractivity contribution in [2.24, 2.45) is 0 Å². The summed E-state index contributed by atoms with van der Waals surface area (Å²) in [4.78, 5) is 14.8. The van der Waals surface area contributed by atoms with Crippen molar-refractivity contribution in [3.8, 4) is 0 Å². The molecule has 1 aromatic heterocycles. The zero-order valence-electron chi connectivity index (χ0n) is 15.0. The molecule has 1 amide bonds. The topological polar surface area (TPSA) is 79.6 Å². The third-order valence-corrected chi connectivity index (χ3v) is 6.27. The molecule has 0 aliphatic carbocycles. The number of hydrogen-bond donors (Lipinski definition) is 1. The molecular weight excluding hydrogens is 352 g/mol. The molecule has 26 heavy (non-hydrogen) atoms. The van der Waals surface area contributed by atoms with Crippen LogP contribution in [0.1, 0.15) is 49.2 Å². The van der Waals surface area contributed by atoms with Crippen molar-refractivity contribution in [2.75, 3.05) is 0 Å². The van der Waals surface area contributed by atoms with E-state index >= 15 is 0 Å². The maximum Gasteiger partial charge on any atom is 0.254 e. The smallest absolute Gasteiger partial charge is 0.254 e. The zero-order valence-corrected chi connectivity index (χ0v) is 15.8. The molecule has 1 aliphatic heterocycles. The minimum absolute atomic E-state index is 0.0443. The number of carbonyl (C=O) groups is 1. The number of carbonyl (C=O) groups excluding carboxylic acids is 1. The molecule has 1 saturated heterocycles. The van der Waals surface area contributed by atoms with Crippen molar-refractivity contribution in [1.82, 2.24) is 9.62 Å². The highest BCUT2D eigenvalue weighted by molar-refractivity contribution is 7.89. The molecule has 6 nitrogen and oxygen atoms in total. The minimum atomic E-state index is -3.66. The summed E-state index contributed by atoms with van der Waals surface area (Å²) in [5.74, 6) is 0.491. The van der Waals surface area contributed by atoms with Gasteiger partial charge in [-0.3, -0.25) is 4.79 Å². The highest BCUT2D eigenvalue weighted by Gasteiger charge is 2.29. The van der Waals surface area contributed by atoms with E-state index in [1.165, 1.54) is 18.4 Å². The van der Waals surface area contributed by atoms with Crippen molar-refractivity contribution < 1.29 is 17.6 Å². The van der Waals surface area contributed by atoms with E-state index in [2.05, 4.69) is 18.6 Å². The van der Waals surface area contributed by atoms with Crippen LogP contribution in [0.5, 0.6) is 0 Å². The number of benzene rings is 1. The van der Waals surface area contributed by atoms with Gasteiger partial charge in [-0.1, -0.05) is 0 Å². The fourth-order valence-electron chi connectivity index (χ4n) is 3.41. The SMILES string of the molecule is C[C@@H]1CCC[C@H](C)N1C(=O)c1ccc(S(=O)(=O)NCc2ccco2)cc1. The van der Waals surface area contributed by atoms with Gasteiger partial charge in [-0.2, -0.15) is 0 Å². The Labute approximate surface area is 154 Å². The maximum absolute atomic E-state index is 12.8. The van der Waals surface area contributed by atoms with Gasteiger partial charge in [0.25, 0.3) is 5.91 Å². The molecule has 1 fully saturated rings. The molecule has 2 atom stereocenters. The first-order valence-electron chi connectivity index (χ1n) is 8.83. The molecule has 0 bridgehead atoms. The Kier molecular flexibility index (Phi) is 5.48. The van der Waals surface area contributed by atoms with Crippen LogP contribution in [0.2, 0.25) is 0 Å². The molecule has 2 aromatic rings. The Balaban J connectivity index is 1.72. The van der Waals surface area contributed by atoms with E-state index < -0.39 is 10.0 Å². The second-order valence-electron chi connectivity index (χ2n) is 6.77. The van der Waals surface area contributed by atoms with Crippen molar-refractivity contribution in [3.63, 3.8) is 0 Å². The van der Waals surface area contributed by atoms with Gasteiger partial charge < -0.3 is 9.32 Å². The number of amides is 1. The summed E-state index contributed by atoms with van der Waals surface area (Å²) >= 11 is 0.